The van der Waals surface area contributed by atoms with Crippen LogP contribution < -0.4 is 11.2 Å². The van der Waals surface area contributed by atoms with Crippen LogP contribution in [0.5, 0.6) is 0 Å². The maximum atomic E-state index is 12.2. The minimum Gasteiger partial charge on any atom is -0.377 e. The Morgan fingerprint density at radius 3 is 2.39 bits per heavy atom. The maximum Gasteiger partial charge on any atom is 0.472 e. The molecule has 0 aromatic carbocycles. The third kappa shape index (κ3) is 5.49. The van der Waals surface area contributed by atoms with Crippen molar-refractivity contribution in [3.8, 4) is 0 Å². The molecule has 1 fully saturated rings. The standard InChI is InChI=1S/C14H24N2O10P2/c1-23-13-10(16-6-4-11(17)15-14(16)18)8-9(5-7-27(19,20)24-2)12(13)26-28(21,22)25-3/h4,6,9-10,12-13H,5,7-8H2,1-3H3,(H,19,20)(H,21,22)(H,15,17,18)/t9-,10?,12+,13-/m0/s1. The van der Waals surface area contributed by atoms with E-state index >= 15 is 0 Å². The van der Waals surface area contributed by atoms with E-state index in [-0.39, 0.29) is 19.0 Å². The Morgan fingerprint density at radius 2 is 1.86 bits per heavy atom. The minimum atomic E-state index is -4.41. The highest BCUT2D eigenvalue weighted by Gasteiger charge is 2.49. The molecule has 28 heavy (non-hydrogen) atoms. The fourth-order valence-electron chi connectivity index (χ4n) is 3.36. The summed E-state index contributed by atoms with van der Waals surface area (Å²) in [5.74, 6) is -0.528. The highest BCUT2D eigenvalue weighted by molar-refractivity contribution is 7.52. The van der Waals surface area contributed by atoms with Gasteiger partial charge in [0.05, 0.1) is 12.2 Å². The van der Waals surface area contributed by atoms with Gasteiger partial charge in [0.25, 0.3) is 5.56 Å². The monoisotopic (exact) mass is 442 g/mol. The first kappa shape index (κ1) is 23.2. The van der Waals surface area contributed by atoms with E-state index in [1.807, 2.05) is 0 Å². The first-order chi connectivity index (χ1) is 13.0. The summed E-state index contributed by atoms with van der Waals surface area (Å²) < 4.78 is 44.7. The molecule has 160 valence electrons. The molecule has 0 amide bonds. The first-order valence-electron chi connectivity index (χ1n) is 8.32. The zero-order valence-electron chi connectivity index (χ0n) is 15.6. The topological polar surface area (TPSA) is 166 Å². The second-order valence-electron chi connectivity index (χ2n) is 6.33. The smallest absolute Gasteiger partial charge is 0.377 e. The van der Waals surface area contributed by atoms with E-state index in [9.17, 15) is 28.5 Å². The normalized spacial score (nSPS) is 29.3. The van der Waals surface area contributed by atoms with Crippen molar-refractivity contribution >= 4 is 15.4 Å². The van der Waals surface area contributed by atoms with Gasteiger partial charge >= 0.3 is 21.1 Å². The van der Waals surface area contributed by atoms with Crippen molar-refractivity contribution in [1.29, 1.82) is 0 Å². The van der Waals surface area contributed by atoms with Gasteiger partial charge in [-0.3, -0.25) is 28.0 Å². The van der Waals surface area contributed by atoms with E-state index in [2.05, 4.69) is 14.0 Å². The van der Waals surface area contributed by atoms with Crippen LogP contribution in [0.3, 0.4) is 0 Å². The molecule has 2 rings (SSSR count). The number of phosphoric acid groups is 1. The Balaban J connectivity index is 2.38. The molecule has 0 aliphatic heterocycles. The molecule has 1 heterocycles. The number of nitrogens with one attached hydrogen (secondary N) is 1. The van der Waals surface area contributed by atoms with Crippen molar-refractivity contribution in [2.45, 2.75) is 31.1 Å². The number of aromatic nitrogens is 2. The molecule has 0 bridgehead atoms. The van der Waals surface area contributed by atoms with Crippen LogP contribution in [0, 0.1) is 5.92 Å². The Hall–Kier alpha value is -1.10. The Kier molecular flexibility index (Phi) is 7.57. The number of phosphoric ester groups is 1. The van der Waals surface area contributed by atoms with Crippen LogP contribution in [-0.4, -0.2) is 59.0 Å². The average Bonchev–Trinajstić information content (AvgIpc) is 2.96. The van der Waals surface area contributed by atoms with Crippen molar-refractivity contribution in [3.63, 3.8) is 0 Å². The highest BCUT2D eigenvalue weighted by atomic mass is 31.2. The van der Waals surface area contributed by atoms with Gasteiger partial charge in [0.2, 0.25) is 0 Å². The summed E-state index contributed by atoms with van der Waals surface area (Å²) in [4.78, 5) is 45.1. The summed E-state index contributed by atoms with van der Waals surface area (Å²) in [5.41, 5.74) is -1.25. The number of ether oxygens (including phenoxy) is 1. The molecule has 12 nitrogen and oxygen atoms in total. The van der Waals surface area contributed by atoms with Gasteiger partial charge in [-0.25, -0.2) is 9.36 Å². The zero-order valence-corrected chi connectivity index (χ0v) is 17.4. The van der Waals surface area contributed by atoms with Crippen LogP contribution in [0.2, 0.25) is 0 Å². The summed E-state index contributed by atoms with van der Waals surface area (Å²) in [6.45, 7) is 0. The van der Waals surface area contributed by atoms with Crippen LogP contribution in [0.1, 0.15) is 18.9 Å². The van der Waals surface area contributed by atoms with Crippen LogP contribution in [0.15, 0.2) is 21.9 Å². The Morgan fingerprint density at radius 1 is 1.18 bits per heavy atom. The van der Waals surface area contributed by atoms with Gasteiger partial charge in [-0.05, 0) is 18.8 Å². The summed E-state index contributed by atoms with van der Waals surface area (Å²) in [7, 11) is -4.78. The average molecular weight is 442 g/mol. The fourth-order valence-corrected chi connectivity index (χ4v) is 4.89. The Labute approximate surface area is 160 Å². The molecule has 1 aromatic heterocycles. The third-order valence-corrected chi connectivity index (χ3v) is 7.11. The maximum absolute atomic E-state index is 12.2. The predicted molar refractivity (Wildman–Crippen MR) is 97.3 cm³/mol. The summed E-state index contributed by atoms with van der Waals surface area (Å²) in [5, 5.41) is 0. The molecule has 3 unspecified atom stereocenters. The van der Waals surface area contributed by atoms with Crippen molar-refractivity contribution < 1.29 is 37.2 Å². The SMILES string of the molecule is CO[C@H]1C(n2ccc(=O)[nH]c2=O)C[C@H](CCP(=O)(O)OC)[C@H]1OP(=O)(O)OC. The molecule has 0 radical (unpaired) electrons. The van der Waals surface area contributed by atoms with Gasteiger partial charge in [-0.1, -0.05) is 0 Å². The van der Waals surface area contributed by atoms with E-state index in [0.717, 1.165) is 20.3 Å². The van der Waals surface area contributed by atoms with Gasteiger partial charge in [0.15, 0.2) is 0 Å². The molecule has 6 atom stereocenters. The number of hydrogen-bond acceptors (Lipinski definition) is 8. The van der Waals surface area contributed by atoms with Crippen molar-refractivity contribution in [2.75, 3.05) is 27.5 Å². The number of nitrogens with zero attached hydrogens (tertiary/aromatic N) is 1. The van der Waals surface area contributed by atoms with Gasteiger partial charge in [-0.15, -0.1) is 0 Å². The fraction of sp³-hybridized carbons (Fsp3) is 0.714. The molecule has 14 heteroatoms. The Bertz CT molecular complexity index is 883. The molecule has 1 saturated carbocycles. The molecular formula is C14H24N2O10P2. The van der Waals surface area contributed by atoms with Gasteiger partial charge in [0.1, 0.15) is 12.2 Å². The van der Waals surface area contributed by atoms with Gasteiger partial charge < -0.3 is 19.0 Å². The van der Waals surface area contributed by atoms with Gasteiger partial charge in [0, 0.05) is 33.6 Å². The molecule has 0 spiro atoms. The van der Waals surface area contributed by atoms with E-state index in [1.165, 1.54) is 17.9 Å². The molecule has 1 aliphatic rings. The van der Waals surface area contributed by atoms with Crippen molar-refractivity contribution in [1.82, 2.24) is 9.55 Å². The van der Waals surface area contributed by atoms with Crippen LogP contribution in [-0.2, 0) is 27.4 Å². The first-order valence-corrected chi connectivity index (χ1v) is 11.6. The predicted octanol–water partition coefficient (Wildman–Crippen LogP) is 0.466. The lowest BCUT2D eigenvalue weighted by Gasteiger charge is -2.27. The molecule has 0 saturated heterocycles. The molecule has 1 aliphatic carbocycles. The van der Waals surface area contributed by atoms with Crippen molar-refractivity contribution in [3.05, 3.63) is 33.1 Å². The van der Waals surface area contributed by atoms with Crippen molar-refractivity contribution in [2.24, 2.45) is 5.92 Å². The second-order valence-corrected chi connectivity index (χ2v) is 9.93. The number of hydrogen-bond donors (Lipinski definition) is 3. The van der Waals surface area contributed by atoms with E-state index in [1.54, 1.807) is 0 Å². The number of methoxy groups -OCH3 is 1. The van der Waals surface area contributed by atoms with E-state index in [0.29, 0.717) is 0 Å². The lowest BCUT2D eigenvalue weighted by atomic mass is 10.0. The summed E-state index contributed by atoms with van der Waals surface area (Å²) in [6.07, 6.45) is -0.475. The number of aromatic amines is 1. The second kappa shape index (κ2) is 9.15. The van der Waals surface area contributed by atoms with Crippen LogP contribution in [0.25, 0.3) is 0 Å². The van der Waals surface area contributed by atoms with Gasteiger partial charge in [-0.2, -0.15) is 0 Å². The van der Waals surface area contributed by atoms with E-state index in [4.69, 9.17) is 9.26 Å². The zero-order chi connectivity index (χ0) is 21.1. The lowest BCUT2D eigenvalue weighted by Crippen LogP contribution is -2.38. The summed E-state index contributed by atoms with van der Waals surface area (Å²) >= 11 is 0. The number of rotatable bonds is 9. The summed E-state index contributed by atoms with van der Waals surface area (Å²) in [6, 6.07) is 0.512. The van der Waals surface area contributed by atoms with E-state index < -0.39 is 50.8 Å². The molecular weight excluding hydrogens is 418 g/mol. The van der Waals surface area contributed by atoms with Crippen LogP contribution in [0.4, 0.5) is 0 Å². The third-order valence-electron chi connectivity index (χ3n) is 4.75. The lowest BCUT2D eigenvalue weighted by molar-refractivity contribution is -0.0250. The minimum absolute atomic E-state index is 0.102. The molecule has 1 aromatic rings. The largest absolute Gasteiger partial charge is 0.472 e. The number of H-pyrrole nitrogens is 1. The molecule has 3 N–H and O–H groups in total. The van der Waals surface area contributed by atoms with Crippen LogP contribution >= 0.6 is 15.4 Å². The highest BCUT2D eigenvalue weighted by Crippen LogP contribution is 2.52. The quantitative estimate of drug-likeness (QED) is 0.457.